The molecule has 11 nitrogen and oxygen atoms in total. The molecule has 3 heterocycles. The molecule has 0 saturated carbocycles. The Bertz CT molecular complexity index is 1580. The predicted molar refractivity (Wildman–Crippen MR) is 164 cm³/mol. The lowest BCUT2D eigenvalue weighted by Crippen LogP contribution is -2.51. The van der Waals surface area contributed by atoms with Crippen molar-refractivity contribution < 1.29 is 14.6 Å². The van der Waals surface area contributed by atoms with Crippen LogP contribution in [0.25, 0.3) is 11.0 Å². The average molecular weight is 598 g/mol. The molecular formula is C30H40ClN7O4. The Morgan fingerprint density at radius 2 is 1.93 bits per heavy atom. The Labute approximate surface area is 251 Å². The fourth-order valence-corrected chi connectivity index (χ4v) is 5.42. The molecule has 0 bridgehead atoms. The SMILES string of the molecule is CC1CC(NC(=O)OC(C)(C)C)CN(c2nc(Nc3ccc4c(c3)n(CCC(C)(C)O)c(=O)n4C)c(Cl)cc2C#N)C1. The predicted octanol–water partition coefficient (Wildman–Crippen LogP) is 4.90. The summed E-state index contributed by atoms with van der Waals surface area (Å²) in [4.78, 5) is 32.1. The van der Waals surface area contributed by atoms with Crippen LogP contribution in [0.1, 0.15) is 59.9 Å². The molecule has 1 aliphatic rings. The summed E-state index contributed by atoms with van der Waals surface area (Å²) >= 11 is 6.58. The highest BCUT2D eigenvalue weighted by Crippen LogP contribution is 2.33. The number of imidazole rings is 1. The minimum atomic E-state index is -0.915. The summed E-state index contributed by atoms with van der Waals surface area (Å²) in [5.41, 5.74) is 0.761. The van der Waals surface area contributed by atoms with Gasteiger partial charge in [0.2, 0.25) is 0 Å². The number of amides is 1. The lowest BCUT2D eigenvalue weighted by atomic mass is 9.95. The summed E-state index contributed by atoms with van der Waals surface area (Å²) in [5.74, 6) is 1.05. The molecule has 1 amide bonds. The van der Waals surface area contributed by atoms with Crippen molar-refractivity contribution in [2.24, 2.45) is 13.0 Å². The lowest BCUT2D eigenvalue weighted by Gasteiger charge is -2.38. The van der Waals surface area contributed by atoms with Crippen molar-refractivity contribution in [3.05, 3.63) is 45.3 Å². The van der Waals surface area contributed by atoms with Crippen molar-refractivity contribution in [1.82, 2.24) is 19.4 Å². The summed E-state index contributed by atoms with van der Waals surface area (Å²) < 4.78 is 8.66. The van der Waals surface area contributed by atoms with Crippen molar-refractivity contribution in [2.45, 2.75) is 78.2 Å². The largest absolute Gasteiger partial charge is 0.444 e. The Hall–Kier alpha value is -3.75. The standard InChI is InChI=1S/C30H40ClN7O4/c1-18-12-21(34-27(39)42-29(2,3)4)17-37(16-18)26-19(15-32)13-22(31)25(35-26)33-20-8-9-23-24(14-20)38(28(40)36(23)7)11-10-30(5,6)41/h8-9,13-14,18,21,41H,10-12,16-17H2,1-7H3,(H,33,35)(H,34,39). The Morgan fingerprint density at radius 3 is 2.57 bits per heavy atom. The zero-order valence-electron chi connectivity index (χ0n) is 25.3. The monoisotopic (exact) mass is 597 g/mol. The normalized spacial score (nSPS) is 17.7. The van der Waals surface area contributed by atoms with Crippen LogP contribution in [0.3, 0.4) is 0 Å². The minimum Gasteiger partial charge on any atom is -0.444 e. The number of fused-ring (bicyclic) bond motifs is 1. The summed E-state index contributed by atoms with van der Waals surface area (Å²) in [5, 5.41) is 26.6. The number of rotatable bonds is 7. The van der Waals surface area contributed by atoms with Gasteiger partial charge in [0, 0.05) is 32.4 Å². The molecule has 4 rings (SSSR count). The Morgan fingerprint density at radius 1 is 1.21 bits per heavy atom. The van der Waals surface area contributed by atoms with Gasteiger partial charge in [0.1, 0.15) is 17.5 Å². The fraction of sp³-hybridized carbons (Fsp3) is 0.533. The highest BCUT2D eigenvalue weighted by Gasteiger charge is 2.30. The van der Waals surface area contributed by atoms with E-state index >= 15 is 0 Å². The van der Waals surface area contributed by atoms with E-state index in [0.29, 0.717) is 54.5 Å². The third-order valence-electron chi connectivity index (χ3n) is 7.11. The van der Waals surface area contributed by atoms with E-state index in [4.69, 9.17) is 21.3 Å². The molecule has 226 valence electrons. The number of nitrogens with one attached hydrogen (secondary N) is 2. The smallest absolute Gasteiger partial charge is 0.407 e. The molecule has 12 heteroatoms. The Balaban J connectivity index is 1.63. The average Bonchev–Trinajstić information content (AvgIpc) is 3.10. The first-order chi connectivity index (χ1) is 19.5. The van der Waals surface area contributed by atoms with E-state index in [9.17, 15) is 20.0 Å². The molecule has 0 aliphatic carbocycles. The van der Waals surface area contributed by atoms with Crippen LogP contribution in [0, 0.1) is 17.2 Å². The minimum absolute atomic E-state index is 0.169. The van der Waals surface area contributed by atoms with E-state index < -0.39 is 17.3 Å². The molecular weight excluding hydrogens is 558 g/mol. The number of pyridine rings is 1. The number of anilines is 3. The lowest BCUT2D eigenvalue weighted by molar-refractivity contribution is 0.0494. The van der Waals surface area contributed by atoms with E-state index in [1.54, 1.807) is 36.1 Å². The van der Waals surface area contributed by atoms with E-state index in [1.165, 1.54) is 0 Å². The maximum atomic E-state index is 12.9. The first-order valence-corrected chi connectivity index (χ1v) is 14.5. The number of carbonyl (C=O) groups excluding carboxylic acids is 1. The van der Waals surface area contributed by atoms with Crippen molar-refractivity contribution in [3.63, 3.8) is 0 Å². The van der Waals surface area contributed by atoms with Gasteiger partial charge in [-0.15, -0.1) is 0 Å². The van der Waals surface area contributed by atoms with Gasteiger partial charge in [-0.1, -0.05) is 18.5 Å². The number of aromatic nitrogens is 3. The van der Waals surface area contributed by atoms with Gasteiger partial charge in [-0.25, -0.2) is 14.6 Å². The maximum absolute atomic E-state index is 12.9. The van der Waals surface area contributed by atoms with Crippen LogP contribution in [0.5, 0.6) is 0 Å². The van der Waals surface area contributed by atoms with E-state index in [0.717, 1.165) is 11.9 Å². The second-order valence-electron chi connectivity index (χ2n) is 12.8. The highest BCUT2D eigenvalue weighted by molar-refractivity contribution is 6.33. The zero-order chi connectivity index (χ0) is 31.0. The molecule has 0 radical (unpaired) electrons. The number of nitrogens with zero attached hydrogens (tertiary/aromatic N) is 5. The number of carbonyl (C=O) groups is 1. The number of aryl methyl sites for hydroxylation is 2. The van der Waals surface area contributed by atoms with Gasteiger partial charge in [0.25, 0.3) is 0 Å². The maximum Gasteiger partial charge on any atom is 0.407 e. The molecule has 1 aromatic carbocycles. The number of benzene rings is 1. The molecule has 2 aromatic heterocycles. The summed E-state index contributed by atoms with van der Waals surface area (Å²) in [6, 6.07) is 9.13. The fourth-order valence-electron chi connectivity index (χ4n) is 5.22. The van der Waals surface area contributed by atoms with Gasteiger partial charge in [0.15, 0.2) is 5.82 Å². The second-order valence-corrected chi connectivity index (χ2v) is 13.2. The molecule has 1 fully saturated rings. The number of halogens is 1. The molecule has 3 aromatic rings. The first-order valence-electron chi connectivity index (χ1n) is 14.1. The van der Waals surface area contributed by atoms with Gasteiger partial charge in [-0.2, -0.15) is 5.26 Å². The van der Waals surface area contributed by atoms with Gasteiger partial charge >= 0.3 is 11.8 Å². The topological polar surface area (TPSA) is 137 Å². The highest BCUT2D eigenvalue weighted by atomic mass is 35.5. The molecule has 2 unspecified atom stereocenters. The van der Waals surface area contributed by atoms with Crippen LogP contribution < -0.4 is 21.2 Å². The molecule has 3 N–H and O–H groups in total. The van der Waals surface area contributed by atoms with Crippen molar-refractivity contribution >= 4 is 46.1 Å². The van der Waals surface area contributed by atoms with Crippen LogP contribution in [0.4, 0.5) is 22.1 Å². The van der Waals surface area contributed by atoms with Crippen molar-refractivity contribution in [3.8, 4) is 6.07 Å². The number of ether oxygens (including phenoxy) is 1. The Kier molecular flexibility index (Phi) is 8.81. The number of piperidine rings is 1. The third-order valence-corrected chi connectivity index (χ3v) is 7.40. The van der Waals surface area contributed by atoms with Gasteiger partial charge in [-0.3, -0.25) is 9.13 Å². The number of alkyl carbamates (subject to hydrolysis) is 1. The van der Waals surface area contributed by atoms with Crippen molar-refractivity contribution in [2.75, 3.05) is 23.3 Å². The molecule has 42 heavy (non-hydrogen) atoms. The summed E-state index contributed by atoms with van der Waals surface area (Å²) in [7, 11) is 1.72. The van der Waals surface area contributed by atoms with Crippen LogP contribution in [-0.2, 0) is 18.3 Å². The summed E-state index contributed by atoms with van der Waals surface area (Å²) in [6.07, 6.45) is 0.697. The van der Waals surface area contributed by atoms with Crippen LogP contribution >= 0.6 is 11.6 Å². The van der Waals surface area contributed by atoms with Gasteiger partial charge in [-0.05, 0) is 77.6 Å². The second kappa shape index (κ2) is 11.9. The molecule has 1 aliphatic heterocycles. The molecule has 1 saturated heterocycles. The number of nitriles is 1. The zero-order valence-corrected chi connectivity index (χ0v) is 26.0. The van der Waals surface area contributed by atoms with E-state index in [1.807, 2.05) is 43.9 Å². The first kappa shape index (κ1) is 31.2. The third kappa shape index (κ3) is 7.36. The number of aliphatic hydroxyl groups is 1. The molecule has 0 spiro atoms. The van der Waals surface area contributed by atoms with Crippen LogP contribution in [0.15, 0.2) is 29.1 Å². The van der Waals surface area contributed by atoms with Crippen LogP contribution in [-0.4, -0.2) is 55.7 Å². The summed E-state index contributed by atoms with van der Waals surface area (Å²) in [6.45, 7) is 12.4. The van der Waals surface area contributed by atoms with Crippen LogP contribution in [0.2, 0.25) is 5.02 Å². The van der Waals surface area contributed by atoms with E-state index in [2.05, 4.69) is 23.6 Å². The van der Waals surface area contributed by atoms with Crippen molar-refractivity contribution in [1.29, 1.82) is 5.26 Å². The quantitative estimate of drug-likeness (QED) is 0.349. The number of hydrogen-bond acceptors (Lipinski definition) is 8. The van der Waals surface area contributed by atoms with Gasteiger partial charge < -0.3 is 25.4 Å². The van der Waals surface area contributed by atoms with Gasteiger partial charge in [0.05, 0.1) is 33.3 Å². The van der Waals surface area contributed by atoms with E-state index in [-0.39, 0.29) is 22.7 Å². The number of hydrogen-bond donors (Lipinski definition) is 3. The molecule has 2 atom stereocenters.